The third-order valence-electron chi connectivity index (χ3n) is 4.73. The number of hydrogen-bond donors (Lipinski definition) is 1. The van der Waals surface area contributed by atoms with E-state index in [1.807, 2.05) is 19.1 Å². The topological polar surface area (TPSA) is 46.2 Å². The predicted octanol–water partition coefficient (Wildman–Crippen LogP) is 3.47. The van der Waals surface area contributed by atoms with E-state index in [1.165, 1.54) is 0 Å². The van der Waals surface area contributed by atoms with E-state index in [4.69, 9.17) is 0 Å². The molecular weight excluding hydrogens is 326 g/mol. The van der Waals surface area contributed by atoms with E-state index in [2.05, 4.69) is 48.3 Å². The fourth-order valence-electron chi connectivity index (χ4n) is 2.57. The van der Waals surface area contributed by atoms with Gasteiger partial charge in [0.25, 0.3) is 0 Å². The van der Waals surface area contributed by atoms with Gasteiger partial charge in [0, 0.05) is 10.5 Å². The van der Waals surface area contributed by atoms with Gasteiger partial charge in [-0.2, -0.15) is 0 Å². The predicted molar refractivity (Wildman–Crippen MR) is 80.6 cm³/mol. The lowest BCUT2D eigenvalue weighted by Gasteiger charge is -2.11. The summed E-state index contributed by atoms with van der Waals surface area (Å²) in [5.41, 5.74) is 0.729. The average Bonchev–Trinajstić information content (AvgIpc) is 2.64. The van der Waals surface area contributed by atoms with Gasteiger partial charge in [0.1, 0.15) is 0 Å². The number of nitrogens with one attached hydrogen (secondary N) is 1. The van der Waals surface area contributed by atoms with Crippen molar-refractivity contribution in [2.45, 2.75) is 45.6 Å². The van der Waals surface area contributed by atoms with Crippen LogP contribution in [-0.4, -0.2) is 14.5 Å². The molecular formula is C14H20BrNO2S. The standard InChI is InChI=1S/C14H20BrNO2S/c1-9-6-7-10(15)8-11(9)19(17,18)16-12-13(2,3)14(12,4)5/h6-8,12,16H,1-5H3. The molecule has 0 radical (unpaired) electrons. The SMILES string of the molecule is Cc1ccc(Br)cc1S(=O)(=O)NC1C(C)(C)C1(C)C. The van der Waals surface area contributed by atoms with Crippen molar-refractivity contribution in [3.8, 4) is 0 Å². The van der Waals surface area contributed by atoms with Gasteiger partial charge in [0.2, 0.25) is 10.0 Å². The summed E-state index contributed by atoms with van der Waals surface area (Å²) in [6.45, 7) is 10.2. The van der Waals surface area contributed by atoms with Gasteiger partial charge in [-0.05, 0) is 35.4 Å². The van der Waals surface area contributed by atoms with Crippen molar-refractivity contribution in [2.24, 2.45) is 10.8 Å². The first kappa shape index (κ1) is 15.0. The van der Waals surface area contributed by atoms with Gasteiger partial charge >= 0.3 is 0 Å². The second-order valence-electron chi connectivity index (χ2n) is 6.41. The van der Waals surface area contributed by atoms with Crippen molar-refractivity contribution >= 4 is 26.0 Å². The Morgan fingerprint density at radius 3 is 2.16 bits per heavy atom. The van der Waals surface area contributed by atoms with Crippen LogP contribution in [0.5, 0.6) is 0 Å². The molecule has 1 aliphatic carbocycles. The Hall–Kier alpha value is -0.390. The maximum Gasteiger partial charge on any atom is 0.241 e. The summed E-state index contributed by atoms with van der Waals surface area (Å²) in [5.74, 6) is 0. The van der Waals surface area contributed by atoms with Gasteiger partial charge in [0.05, 0.1) is 4.90 Å². The monoisotopic (exact) mass is 345 g/mol. The minimum atomic E-state index is -3.47. The van der Waals surface area contributed by atoms with E-state index in [-0.39, 0.29) is 16.9 Å². The minimum Gasteiger partial charge on any atom is -0.207 e. The zero-order valence-corrected chi connectivity index (χ0v) is 14.3. The van der Waals surface area contributed by atoms with E-state index in [0.29, 0.717) is 4.90 Å². The molecule has 19 heavy (non-hydrogen) atoms. The number of rotatable bonds is 3. The minimum absolute atomic E-state index is 0.0139. The molecule has 5 heteroatoms. The number of benzene rings is 1. The number of aryl methyl sites for hydroxylation is 1. The molecule has 1 N–H and O–H groups in total. The maximum atomic E-state index is 12.5. The van der Waals surface area contributed by atoms with E-state index >= 15 is 0 Å². The highest BCUT2D eigenvalue weighted by Crippen LogP contribution is 2.62. The highest BCUT2D eigenvalue weighted by atomic mass is 79.9. The van der Waals surface area contributed by atoms with Crippen LogP contribution in [0.2, 0.25) is 0 Å². The van der Waals surface area contributed by atoms with Crippen molar-refractivity contribution in [2.75, 3.05) is 0 Å². The lowest BCUT2D eigenvalue weighted by Crippen LogP contribution is -2.30. The lowest BCUT2D eigenvalue weighted by molar-refractivity contribution is 0.457. The smallest absolute Gasteiger partial charge is 0.207 e. The van der Waals surface area contributed by atoms with Crippen molar-refractivity contribution in [3.63, 3.8) is 0 Å². The summed E-state index contributed by atoms with van der Waals surface area (Å²) in [6, 6.07) is 5.28. The first-order chi connectivity index (χ1) is 8.50. The summed E-state index contributed by atoms with van der Waals surface area (Å²) in [7, 11) is -3.47. The molecule has 0 bridgehead atoms. The number of hydrogen-bond acceptors (Lipinski definition) is 2. The molecule has 0 atom stereocenters. The summed E-state index contributed by atoms with van der Waals surface area (Å²) < 4.78 is 28.6. The van der Waals surface area contributed by atoms with Crippen LogP contribution in [0.3, 0.4) is 0 Å². The maximum absolute atomic E-state index is 12.5. The van der Waals surface area contributed by atoms with Crippen LogP contribution < -0.4 is 4.72 Å². The summed E-state index contributed by atoms with van der Waals surface area (Å²) >= 11 is 3.32. The lowest BCUT2D eigenvalue weighted by atomic mass is 10.0. The fraction of sp³-hybridized carbons (Fsp3) is 0.571. The molecule has 0 amide bonds. The molecule has 0 saturated heterocycles. The second-order valence-corrected chi connectivity index (χ2v) is 9.01. The third-order valence-corrected chi connectivity index (χ3v) is 6.79. The Bertz CT molecular complexity index is 606. The highest BCUT2D eigenvalue weighted by Gasteiger charge is 2.66. The van der Waals surface area contributed by atoms with Crippen LogP contribution in [0.15, 0.2) is 27.6 Å². The molecule has 1 aromatic rings. The van der Waals surface area contributed by atoms with Gasteiger partial charge in [-0.15, -0.1) is 0 Å². The molecule has 1 aliphatic rings. The second kappa shape index (κ2) is 4.30. The Morgan fingerprint density at radius 2 is 1.68 bits per heavy atom. The van der Waals surface area contributed by atoms with Crippen LogP contribution in [-0.2, 0) is 10.0 Å². The molecule has 3 nitrogen and oxygen atoms in total. The van der Waals surface area contributed by atoms with Gasteiger partial charge in [-0.1, -0.05) is 49.7 Å². The van der Waals surface area contributed by atoms with E-state index in [9.17, 15) is 8.42 Å². The Morgan fingerprint density at radius 1 is 1.16 bits per heavy atom. The highest BCUT2D eigenvalue weighted by molar-refractivity contribution is 9.10. The first-order valence-electron chi connectivity index (χ1n) is 6.28. The van der Waals surface area contributed by atoms with E-state index in [1.54, 1.807) is 6.07 Å². The molecule has 1 saturated carbocycles. The molecule has 0 heterocycles. The van der Waals surface area contributed by atoms with Crippen molar-refractivity contribution in [1.29, 1.82) is 0 Å². The Balaban J connectivity index is 2.33. The normalized spacial score (nSPS) is 21.4. The average molecular weight is 346 g/mol. The quantitative estimate of drug-likeness (QED) is 0.911. The van der Waals surface area contributed by atoms with Gasteiger partial charge in [-0.3, -0.25) is 0 Å². The fourth-order valence-corrected chi connectivity index (χ4v) is 4.89. The van der Waals surface area contributed by atoms with Crippen LogP contribution in [0.1, 0.15) is 33.3 Å². The molecule has 2 rings (SSSR count). The number of halogens is 1. The van der Waals surface area contributed by atoms with Gasteiger partial charge in [-0.25, -0.2) is 13.1 Å². The molecule has 0 aromatic heterocycles. The third kappa shape index (κ3) is 2.36. The Labute approximate surface area is 124 Å². The zero-order valence-electron chi connectivity index (χ0n) is 11.9. The molecule has 0 unspecified atom stereocenters. The van der Waals surface area contributed by atoms with Crippen LogP contribution in [0.25, 0.3) is 0 Å². The molecule has 1 aromatic carbocycles. The largest absolute Gasteiger partial charge is 0.241 e. The van der Waals surface area contributed by atoms with Crippen LogP contribution >= 0.6 is 15.9 Å². The zero-order chi connectivity index (χ0) is 14.6. The number of sulfonamides is 1. The Kier molecular flexibility index (Phi) is 3.40. The molecule has 106 valence electrons. The van der Waals surface area contributed by atoms with Crippen molar-refractivity contribution < 1.29 is 8.42 Å². The molecule has 0 spiro atoms. The van der Waals surface area contributed by atoms with Gasteiger partial charge in [0.15, 0.2) is 0 Å². The van der Waals surface area contributed by atoms with E-state index < -0.39 is 10.0 Å². The van der Waals surface area contributed by atoms with Crippen LogP contribution in [0.4, 0.5) is 0 Å². The van der Waals surface area contributed by atoms with E-state index in [0.717, 1.165) is 10.0 Å². The van der Waals surface area contributed by atoms with Crippen molar-refractivity contribution in [1.82, 2.24) is 4.72 Å². The summed E-state index contributed by atoms with van der Waals surface area (Å²) in [6.07, 6.45) is 0. The van der Waals surface area contributed by atoms with Crippen molar-refractivity contribution in [3.05, 3.63) is 28.2 Å². The summed E-state index contributed by atoms with van der Waals surface area (Å²) in [4.78, 5) is 0.348. The molecule has 0 aliphatic heterocycles. The first-order valence-corrected chi connectivity index (χ1v) is 8.56. The summed E-state index contributed by atoms with van der Waals surface area (Å²) in [5, 5.41) is 0. The van der Waals surface area contributed by atoms with Crippen LogP contribution in [0, 0.1) is 17.8 Å². The van der Waals surface area contributed by atoms with Gasteiger partial charge < -0.3 is 0 Å². The molecule has 1 fully saturated rings.